The first-order chi connectivity index (χ1) is 14.1. The highest BCUT2D eigenvalue weighted by Gasteiger charge is 2.28. The van der Waals surface area contributed by atoms with Crippen LogP contribution in [0.2, 0.25) is 0 Å². The van der Waals surface area contributed by atoms with Crippen LogP contribution >= 0.6 is 0 Å². The number of ether oxygens (including phenoxy) is 2. The summed E-state index contributed by atoms with van der Waals surface area (Å²) < 4.78 is 37.7. The van der Waals surface area contributed by atoms with Crippen molar-refractivity contribution in [2.24, 2.45) is 0 Å². The van der Waals surface area contributed by atoms with Crippen LogP contribution in [0.4, 0.5) is 0 Å². The number of hydrogen-bond acceptors (Lipinski definition) is 7. The molecule has 9 heteroatoms. The van der Waals surface area contributed by atoms with E-state index in [2.05, 4.69) is 10.1 Å². The summed E-state index contributed by atoms with van der Waals surface area (Å²) >= 11 is 0. The fourth-order valence-corrected chi connectivity index (χ4v) is 4.41. The van der Waals surface area contributed by atoms with Crippen LogP contribution in [0.1, 0.15) is 56.5 Å². The summed E-state index contributed by atoms with van der Waals surface area (Å²) in [7, 11) is -2.31. The minimum Gasteiger partial charge on any atom is -0.475 e. The maximum Gasteiger partial charge on any atom is 0.213 e. The van der Waals surface area contributed by atoms with Crippen LogP contribution in [0.25, 0.3) is 0 Å². The molecule has 0 spiro atoms. The lowest BCUT2D eigenvalue weighted by Crippen LogP contribution is -2.31. The number of methoxy groups -OCH3 is 1. The van der Waals surface area contributed by atoms with Gasteiger partial charge in [0.05, 0.1) is 6.54 Å². The van der Waals surface area contributed by atoms with Crippen molar-refractivity contribution < 1.29 is 22.7 Å². The van der Waals surface area contributed by atoms with Crippen molar-refractivity contribution in [3.05, 3.63) is 35.2 Å². The van der Waals surface area contributed by atoms with Gasteiger partial charge in [0, 0.05) is 31.0 Å². The maximum absolute atomic E-state index is 12.8. The smallest absolute Gasteiger partial charge is 0.213 e. The van der Waals surface area contributed by atoms with E-state index in [0.29, 0.717) is 19.0 Å². The van der Waals surface area contributed by atoms with E-state index < -0.39 is 15.6 Å². The molecule has 1 aliphatic rings. The van der Waals surface area contributed by atoms with Gasteiger partial charge in [-0.25, -0.2) is 13.1 Å². The minimum absolute atomic E-state index is 0.0387. The number of sulfone groups is 1. The molecule has 164 valence electrons. The lowest BCUT2D eigenvalue weighted by molar-refractivity contribution is -0.116. The second-order valence-electron chi connectivity index (χ2n) is 8.28. The van der Waals surface area contributed by atoms with E-state index in [9.17, 15) is 13.2 Å². The predicted octanol–water partition coefficient (Wildman–Crippen LogP) is 2.52. The average Bonchev–Trinajstić information content (AvgIpc) is 3.11. The van der Waals surface area contributed by atoms with Gasteiger partial charge in [-0.1, -0.05) is 27.7 Å². The Morgan fingerprint density at radius 2 is 1.83 bits per heavy atom. The summed E-state index contributed by atoms with van der Waals surface area (Å²) in [6.45, 7) is 8.90. The molecule has 3 rings (SSSR count). The fraction of sp³-hybridized carbons (Fsp3) is 0.571. The maximum atomic E-state index is 12.8. The molecule has 3 heterocycles. The first kappa shape index (κ1) is 22.4. The zero-order valence-corrected chi connectivity index (χ0v) is 18.9. The number of ketones is 1. The fourth-order valence-electron chi connectivity index (χ4n) is 3.24. The number of rotatable bonds is 8. The Hall–Kier alpha value is -2.26. The third kappa shape index (κ3) is 5.07. The largest absolute Gasteiger partial charge is 0.475 e. The first-order valence-corrected chi connectivity index (χ1v) is 11.7. The Morgan fingerprint density at radius 3 is 2.40 bits per heavy atom. The van der Waals surface area contributed by atoms with Gasteiger partial charge < -0.3 is 9.47 Å². The van der Waals surface area contributed by atoms with Crippen molar-refractivity contribution in [3.63, 3.8) is 0 Å². The molecule has 1 unspecified atom stereocenters. The van der Waals surface area contributed by atoms with Crippen molar-refractivity contribution >= 4 is 15.6 Å². The van der Waals surface area contributed by atoms with Gasteiger partial charge in [0.2, 0.25) is 15.7 Å². The number of hydrogen-bond donors (Lipinski definition) is 0. The standard InChI is InChI=1S/C21H29N3O5S/c1-13(2)18-7-15(8-19(22-18)14(3)4)6-16(25)12-30(26,27)20-9-21-24(23-20)10-17(28-5)11-29-21/h7-9,13-14,17H,6,10-12H2,1-5H3. The molecule has 0 fully saturated rings. The molecule has 0 aliphatic carbocycles. The molecule has 1 atom stereocenters. The highest BCUT2D eigenvalue weighted by atomic mass is 32.2. The summed E-state index contributed by atoms with van der Waals surface area (Å²) in [6, 6.07) is 5.14. The van der Waals surface area contributed by atoms with Gasteiger partial charge in [0.25, 0.3) is 0 Å². The summed E-state index contributed by atoms with van der Waals surface area (Å²) in [4.78, 5) is 17.3. The number of carbonyl (C=O) groups is 1. The summed E-state index contributed by atoms with van der Waals surface area (Å²) in [5, 5.41) is 3.97. The Bertz CT molecular complexity index is 1000. The second-order valence-corrected chi connectivity index (χ2v) is 10.2. The van der Waals surface area contributed by atoms with Crippen LogP contribution in [-0.4, -0.2) is 54.5 Å². The second kappa shape index (κ2) is 8.85. The number of Topliss-reactive ketones (excluding diaryl/α,β-unsaturated/α-hetero) is 1. The van der Waals surface area contributed by atoms with Crippen molar-refractivity contribution in [3.8, 4) is 5.88 Å². The van der Waals surface area contributed by atoms with Crippen LogP contribution in [0.3, 0.4) is 0 Å². The summed E-state index contributed by atoms with van der Waals surface area (Å²) in [6.07, 6.45) is -0.150. The molecule has 0 radical (unpaired) electrons. The molecule has 30 heavy (non-hydrogen) atoms. The van der Waals surface area contributed by atoms with E-state index in [-0.39, 0.29) is 35.2 Å². The quantitative estimate of drug-likeness (QED) is 0.628. The molecule has 0 amide bonds. The molecule has 0 bridgehead atoms. The van der Waals surface area contributed by atoms with E-state index in [0.717, 1.165) is 17.0 Å². The molecule has 0 saturated carbocycles. The monoisotopic (exact) mass is 435 g/mol. The van der Waals surface area contributed by atoms with E-state index >= 15 is 0 Å². The third-order valence-corrected chi connectivity index (χ3v) is 6.57. The van der Waals surface area contributed by atoms with Crippen LogP contribution in [0.5, 0.6) is 5.88 Å². The minimum atomic E-state index is -3.87. The molecule has 8 nitrogen and oxygen atoms in total. The molecule has 0 aromatic carbocycles. The van der Waals surface area contributed by atoms with Crippen molar-refractivity contribution in [1.82, 2.24) is 14.8 Å². The number of aromatic nitrogens is 3. The Labute approximate surface area is 177 Å². The van der Waals surface area contributed by atoms with Crippen molar-refractivity contribution in [1.29, 1.82) is 0 Å². The van der Waals surface area contributed by atoms with Gasteiger partial charge >= 0.3 is 0 Å². The SMILES string of the molecule is COC1COc2cc(S(=O)(=O)CC(=O)Cc3cc(C(C)C)nc(C(C)C)c3)nn2C1. The topological polar surface area (TPSA) is 100 Å². The first-order valence-electron chi connectivity index (χ1n) is 10.1. The van der Waals surface area contributed by atoms with Crippen LogP contribution in [0.15, 0.2) is 23.2 Å². The van der Waals surface area contributed by atoms with Crippen molar-refractivity contribution in [2.75, 3.05) is 19.5 Å². The molecular weight excluding hydrogens is 406 g/mol. The van der Waals surface area contributed by atoms with Gasteiger partial charge in [-0.3, -0.25) is 9.78 Å². The molecule has 2 aromatic heterocycles. The molecule has 2 aromatic rings. The van der Waals surface area contributed by atoms with Gasteiger partial charge in [-0.2, -0.15) is 5.10 Å². The molecule has 1 aliphatic heterocycles. The molecular formula is C21H29N3O5S. The lowest BCUT2D eigenvalue weighted by atomic mass is 10.00. The average molecular weight is 436 g/mol. The number of nitrogens with zero attached hydrogens (tertiary/aromatic N) is 3. The summed E-state index contributed by atoms with van der Waals surface area (Å²) in [5.41, 5.74) is 2.59. The van der Waals surface area contributed by atoms with Crippen molar-refractivity contribution in [2.45, 2.75) is 63.6 Å². The zero-order chi connectivity index (χ0) is 22.1. The van der Waals surface area contributed by atoms with Crippen LogP contribution in [0, 0.1) is 0 Å². The predicted molar refractivity (Wildman–Crippen MR) is 112 cm³/mol. The van der Waals surface area contributed by atoms with E-state index in [1.165, 1.54) is 10.7 Å². The van der Waals surface area contributed by atoms with Crippen LogP contribution in [-0.2, 0) is 32.3 Å². The van der Waals surface area contributed by atoms with E-state index in [1.807, 2.05) is 39.8 Å². The van der Waals surface area contributed by atoms with E-state index in [4.69, 9.17) is 9.47 Å². The Morgan fingerprint density at radius 1 is 1.20 bits per heavy atom. The highest BCUT2D eigenvalue weighted by Crippen LogP contribution is 2.24. The van der Waals surface area contributed by atoms with Gasteiger partial charge in [0.15, 0.2) is 10.8 Å². The van der Waals surface area contributed by atoms with Gasteiger partial charge in [0.1, 0.15) is 18.5 Å². The highest BCUT2D eigenvalue weighted by molar-refractivity contribution is 7.92. The zero-order valence-electron chi connectivity index (χ0n) is 18.1. The molecule has 0 saturated heterocycles. The molecule has 0 N–H and O–H groups in total. The van der Waals surface area contributed by atoms with Gasteiger partial charge in [-0.15, -0.1) is 0 Å². The normalized spacial score (nSPS) is 16.6. The summed E-state index contributed by atoms with van der Waals surface area (Å²) in [5.74, 6) is -0.185. The van der Waals surface area contributed by atoms with E-state index in [1.54, 1.807) is 7.11 Å². The Balaban J connectivity index is 1.75. The lowest BCUT2D eigenvalue weighted by Gasteiger charge is -2.22. The Kier molecular flexibility index (Phi) is 6.62. The van der Waals surface area contributed by atoms with Crippen LogP contribution < -0.4 is 4.74 Å². The van der Waals surface area contributed by atoms with Gasteiger partial charge in [-0.05, 0) is 29.5 Å². The number of carbonyl (C=O) groups excluding carboxylic acids is 1. The number of pyridine rings is 1. The number of fused-ring (bicyclic) bond motifs is 1. The third-order valence-electron chi connectivity index (χ3n) is 5.03.